The van der Waals surface area contributed by atoms with Crippen LogP contribution in [0, 0.1) is 5.92 Å². The van der Waals surface area contributed by atoms with E-state index in [2.05, 4.69) is 32.3 Å². The Kier molecular flexibility index (Phi) is 6.36. The van der Waals surface area contributed by atoms with Crippen LogP contribution in [0.15, 0.2) is 42.7 Å². The van der Waals surface area contributed by atoms with Gasteiger partial charge < -0.3 is 16.0 Å². The van der Waals surface area contributed by atoms with Crippen molar-refractivity contribution in [2.75, 3.05) is 32.4 Å². The molecule has 35 heavy (non-hydrogen) atoms. The van der Waals surface area contributed by atoms with Crippen LogP contribution in [0.4, 0.5) is 5.82 Å². The van der Waals surface area contributed by atoms with Crippen LogP contribution in [-0.2, 0) is 7.05 Å². The van der Waals surface area contributed by atoms with Crippen LogP contribution >= 0.6 is 11.6 Å². The van der Waals surface area contributed by atoms with E-state index in [1.807, 2.05) is 37.5 Å². The number of nitrogens with one attached hydrogen (secondary N) is 1. The summed E-state index contributed by atoms with van der Waals surface area (Å²) >= 11 is 6.56. The van der Waals surface area contributed by atoms with Gasteiger partial charge in [0.05, 0.1) is 16.2 Å². The topological polar surface area (TPSA) is 115 Å². The highest BCUT2D eigenvalue weighted by atomic mass is 35.5. The number of carbonyl (C=O) groups excluding carboxylic acids is 1. The lowest BCUT2D eigenvalue weighted by molar-refractivity contribution is 0.0935. The third-order valence-corrected chi connectivity index (χ3v) is 6.70. The van der Waals surface area contributed by atoms with Crippen molar-refractivity contribution >= 4 is 34.2 Å². The van der Waals surface area contributed by atoms with Crippen molar-refractivity contribution < 1.29 is 4.79 Å². The number of nitrogen functional groups attached to an aromatic ring is 1. The number of piperidine rings is 1. The molecule has 9 nitrogen and oxygen atoms in total. The predicted molar refractivity (Wildman–Crippen MR) is 137 cm³/mol. The van der Waals surface area contributed by atoms with Crippen molar-refractivity contribution in [2.24, 2.45) is 13.0 Å². The first-order valence-electron chi connectivity index (χ1n) is 11.6. The first kappa shape index (κ1) is 23.2. The molecule has 0 aliphatic carbocycles. The summed E-state index contributed by atoms with van der Waals surface area (Å²) in [5.74, 6) is 0.156. The summed E-state index contributed by atoms with van der Waals surface area (Å²) in [4.78, 5) is 29.1. The molecule has 0 saturated carbocycles. The molecule has 3 aromatic heterocycles. The van der Waals surface area contributed by atoms with Crippen LogP contribution in [0.25, 0.3) is 33.5 Å². The number of fused-ring (bicyclic) bond motifs is 1. The van der Waals surface area contributed by atoms with E-state index in [-0.39, 0.29) is 17.4 Å². The zero-order chi connectivity index (χ0) is 24.5. The Labute approximate surface area is 208 Å². The number of nitrogens with zero attached hydrogens (tertiary/aromatic N) is 6. The van der Waals surface area contributed by atoms with E-state index in [9.17, 15) is 4.79 Å². The summed E-state index contributed by atoms with van der Waals surface area (Å²) in [5.41, 5.74) is 9.30. The van der Waals surface area contributed by atoms with Gasteiger partial charge in [-0.2, -0.15) is 5.10 Å². The Balaban J connectivity index is 1.54. The third-order valence-electron chi connectivity index (χ3n) is 6.42. The molecule has 0 atom stereocenters. The normalized spacial score (nSPS) is 14.9. The highest BCUT2D eigenvalue weighted by molar-refractivity contribution is 6.35. The number of halogens is 1. The predicted octanol–water partition coefficient (Wildman–Crippen LogP) is 3.40. The zero-order valence-electron chi connectivity index (χ0n) is 19.7. The highest BCUT2D eigenvalue weighted by Crippen LogP contribution is 2.34. The fraction of sp³-hybridized carbons (Fsp3) is 0.320. The van der Waals surface area contributed by atoms with Crippen molar-refractivity contribution in [3.05, 3.63) is 53.4 Å². The summed E-state index contributed by atoms with van der Waals surface area (Å²) in [7, 11) is 3.94. The van der Waals surface area contributed by atoms with Gasteiger partial charge in [0.1, 0.15) is 11.4 Å². The van der Waals surface area contributed by atoms with Gasteiger partial charge in [0.2, 0.25) is 0 Å². The number of aromatic nitrogens is 5. The molecule has 1 aromatic carbocycles. The number of anilines is 1. The van der Waals surface area contributed by atoms with E-state index in [1.54, 1.807) is 16.9 Å². The number of hydrogen-bond acceptors (Lipinski definition) is 7. The largest absolute Gasteiger partial charge is 0.382 e. The number of rotatable bonds is 5. The molecular weight excluding hydrogens is 464 g/mol. The second kappa shape index (κ2) is 9.59. The summed E-state index contributed by atoms with van der Waals surface area (Å²) in [6.45, 7) is 2.64. The van der Waals surface area contributed by atoms with Crippen LogP contribution in [0.1, 0.15) is 23.3 Å². The average Bonchev–Trinajstić information content (AvgIpc) is 3.29. The smallest absolute Gasteiger partial charge is 0.273 e. The molecule has 3 N–H and O–H groups in total. The van der Waals surface area contributed by atoms with Gasteiger partial charge in [0, 0.05) is 36.9 Å². The first-order valence-corrected chi connectivity index (χ1v) is 12.0. The van der Waals surface area contributed by atoms with Crippen LogP contribution in [0.3, 0.4) is 0 Å². The van der Waals surface area contributed by atoms with Crippen molar-refractivity contribution in [2.45, 2.75) is 12.8 Å². The number of likely N-dealkylation sites (tertiary alicyclic amines) is 1. The number of benzene rings is 1. The quantitative estimate of drug-likeness (QED) is 0.440. The fourth-order valence-corrected chi connectivity index (χ4v) is 4.68. The molecule has 180 valence electrons. The molecular formula is C25H27ClN8O. The van der Waals surface area contributed by atoms with Crippen LogP contribution < -0.4 is 11.1 Å². The van der Waals surface area contributed by atoms with Crippen molar-refractivity contribution in [3.63, 3.8) is 0 Å². The van der Waals surface area contributed by atoms with E-state index in [1.165, 1.54) is 0 Å². The number of aryl methyl sites for hydroxylation is 1. The number of carbonyl (C=O) groups is 1. The van der Waals surface area contributed by atoms with E-state index in [0.29, 0.717) is 45.6 Å². The average molecular weight is 491 g/mol. The van der Waals surface area contributed by atoms with E-state index >= 15 is 0 Å². The van der Waals surface area contributed by atoms with Gasteiger partial charge in [0.25, 0.3) is 5.91 Å². The Morgan fingerprint density at radius 1 is 1.17 bits per heavy atom. The number of hydrogen-bond donors (Lipinski definition) is 2. The molecule has 10 heteroatoms. The minimum atomic E-state index is -0.337. The lowest BCUT2D eigenvalue weighted by Crippen LogP contribution is -2.37. The van der Waals surface area contributed by atoms with Gasteiger partial charge >= 0.3 is 0 Å². The molecule has 1 aliphatic rings. The Morgan fingerprint density at radius 3 is 2.71 bits per heavy atom. The molecule has 0 bridgehead atoms. The molecule has 0 unspecified atom stereocenters. The van der Waals surface area contributed by atoms with E-state index < -0.39 is 0 Å². The van der Waals surface area contributed by atoms with Crippen molar-refractivity contribution in [3.8, 4) is 22.6 Å². The Bertz CT molecular complexity index is 1390. The van der Waals surface area contributed by atoms with Crippen LogP contribution in [0.5, 0.6) is 0 Å². The second-order valence-corrected chi connectivity index (χ2v) is 9.43. The first-order chi connectivity index (χ1) is 16.9. The van der Waals surface area contributed by atoms with Gasteiger partial charge in [-0.15, -0.1) is 0 Å². The van der Waals surface area contributed by atoms with E-state index in [4.69, 9.17) is 22.3 Å². The standard InChI is InChI=1S/C25H27ClN8O/c1-33-9-5-15(6-10-33)14-29-25(35)23-24(27)31-22(19-7-11-34(2)32-19)21(30-23)17-12-16-4-3-8-28-20(16)18(26)13-17/h3-4,7-8,11-13,15H,5-6,9-10,14H2,1-2H3,(H2,27,31)(H,29,35). The number of nitrogens with two attached hydrogens (primary N) is 1. The Morgan fingerprint density at radius 2 is 1.97 bits per heavy atom. The van der Waals surface area contributed by atoms with Gasteiger partial charge in [-0.25, -0.2) is 9.97 Å². The maximum absolute atomic E-state index is 13.1. The summed E-state index contributed by atoms with van der Waals surface area (Å²) in [6.07, 6.45) is 5.61. The van der Waals surface area contributed by atoms with Gasteiger partial charge in [-0.05, 0) is 63.2 Å². The Hall–Kier alpha value is -3.56. The van der Waals surface area contributed by atoms with Crippen LogP contribution in [-0.4, -0.2) is 62.2 Å². The molecule has 4 aromatic rings. The highest BCUT2D eigenvalue weighted by Gasteiger charge is 2.23. The van der Waals surface area contributed by atoms with Gasteiger partial charge in [0.15, 0.2) is 11.5 Å². The van der Waals surface area contributed by atoms with Gasteiger partial charge in [-0.3, -0.25) is 14.5 Å². The molecule has 1 fully saturated rings. The maximum Gasteiger partial charge on any atom is 0.273 e. The maximum atomic E-state index is 13.1. The monoisotopic (exact) mass is 490 g/mol. The molecule has 4 heterocycles. The third kappa shape index (κ3) is 4.82. The lowest BCUT2D eigenvalue weighted by Gasteiger charge is -2.28. The summed E-state index contributed by atoms with van der Waals surface area (Å²) < 4.78 is 1.68. The minimum Gasteiger partial charge on any atom is -0.382 e. The van der Waals surface area contributed by atoms with Crippen LogP contribution in [0.2, 0.25) is 5.02 Å². The SMILES string of the molecule is CN1CCC(CNC(=O)c2nc(-c3cc(Cl)c4ncccc4c3)c(-c3ccn(C)n3)nc2N)CC1. The number of pyridine rings is 1. The molecule has 1 amide bonds. The summed E-state index contributed by atoms with van der Waals surface area (Å²) in [6, 6.07) is 9.32. The van der Waals surface area contributed by atoms with E-state index in [0.717, 1.165) is 31.3 Å². The number of amides is 1. The second-order valence-electron chi connectivity index (χ2n) is 9.02. The lowest BCUT2D eigenvalue weighted by atomic mass is 9.97. The molecule has 0 spiro atoms. The molecule has 1 aliphatic heterocycles. The zero-order valence-corrected chi connectivity index (χ0v) is 20.5. The fourth-order valence-electron chi connectivity index (χ4n) is 4.41. The molecule has 5 rings (SSSR count). The minimum absolute atomic E-state index is 0.0591. The van der Waals surface area contributed by atoms with Crippen molar-refractivity contribution in [1.82, 2.24) is 34.9 Å². The molecule has 1 saturated heterocycles. The van der Waals surface area contributed by atoms with Crippen molar-refractivity contribution in [1.29, 1.82) is 0 Å². The van der Waals surface area contributed by atoms with Gasteiger partial charge in [-0.1, -0.05) is 17.7 Å². The summed E-state index contributed by atoms with van der Waals surface area (Å²) in [5, 5.41) is 8.83. The molecule has 0 radical (unpaired) electrons.